The molecule has 0 radical (unpaired) electrons. The lowest BCUT2D eigenvalue weighted by Crippen LogP contribution is -2.12. The average molecular weight is 286 g/mol. The Kier molecular flexibility index (Phi) is 4.79. The van der Waals surface area contributed by atoms with Gasteiger partial charge < -0.3 is 20.9 Å². The molecule has 2 aromatic carbocycles. The van der Waals surface area contributed by atoms with Crippen LogP contribution < -0.4 is 15.8 Å². The Morgan fingerprint density at radius 2 is 1.95 bits per heavy atom. The lowest BCUT2D eigenvalue weighted by molar-refractivity contribution is 0.102. The van der Waals surface area contributed by atoms with Crippen LogP contribution in [0.1, 0.15) is 15.9 Å². The summed E-state index contributed by atoms with van der Waals surface area (Å²) in [6, 6.07) is 11.9. The molecule has 0 aliphatic rings. The van der Waals surface area contributed by atoms with Crippen LogP contribution in [0.2, 0.25) is 0 Å². The lowest BCUT2D eigenvalue weighted by Gasteiger charge is -2.09. The number of carbonyl (C=O) groups is 1. The molecule has 2 aromatic rings. The number of ether oxygens (including phenoxy) is 1. The molecule has 110 valence electrons. The Hall–Kier alpha value is -2.53. The van der Waals surface area contributed by atoms with Gasteiger partial charge in [-0.2, -0.15) is 0 Å². The number of benzene rings is 2. The minimum Gasteiger partial charge on any atom is -0.507 e. The maximum Gasteiger partial charge on any atom is 0.259 e. The molecule has 1 amide bonds. The number of hydrogen-bond acceptors (Lipinski definition) is 4. The molecule has 0 saturated heterocycles. The Bertz CT molecular complexity index is 624. The van der Waals surface area contributed by atoms with E-state index in [-0.39, 0.29) is 11.3 Å². The molecule has 5 heteroatoms. The highest BCUT2D eigenvalue weighted by Crippen LogP contribution is 2.24. The summed E-state index contributed by atoms with van der Waals surface area (Å²) in [5, 5.41) is 12.5. The highest BCUT2D eigenvalue weighted by molar-refractivity contribution is 6.06. The van der Waals surface area contributed by atoms with Gasteiger partial charge in [-0.15, -0.1) is 0 Å². The Morgan fingerprint density at radius 1 is 1.24 bits per heavy atom. The third-order valence-electron chi connectivity index (χ3n) is 3.09. The first-order valence-electron chi connectivity index (χ1n) is 6.61. The summed E-state index contributed by atoms with van der Waals surface area (Å²) < 4.78 is 5.05. The van der Waals surface area contributed by atoms with E-state index >= 15 is 0 Å². The standard InChI is InChI=1S/C16H18N2O3/c1-21-13-6-7-15(19)14(10-13)16(20)18-12-4-2-11(3-5-12)8-9-17/h2-7,10,19H,8-9,17H2,1H3,(H,18,20). The SMILES string of the molecule is COc1ccc(O)c(C(=O)Nc2ccc(CCN)cc2)c1. The summed E-state index contributed by atoms with van der Waals surface area (Å²) in [5.41, 5.74) is 7.42. The first-order valence-corrected chi connectivity index (χ1v) is 6.61. The van der Waals surface area contributed by atoms with Gasteiger partial charge in [0.05, 0.1) is 12.7 Å². The fourth-order valence-corrected chi connectivity index (χ4v) is 1.94. The number of amides is 1. The van der Waals surface area contributed by atoms with Crippen molar-refractivity contribution in [1.29, 1.82) is 0 Å². The topological polar surface area (TPSA) is 84.6 Å². The minimum absolute atomic E-state index is 0.0898. The van der Waals surface area contributed by atoms with E-state index in [0.29, 0.717) is 18.0 Å². The molecular weight excluding hydrogens is 268 g/mol. The second kappa shape index (κ2) is 6.76. The van der Waals surface area contributed by atoms with E-state index in [1.165, 1.54) is 19.2 Å². The van der Waals surface area contributed by atoms with Gasteiger partial charge in [-0.3, -0.25) is 4.79 Å². The maximum absolute atomic E-state index is 12.2. The zero-order chi connectivity index (χ0) is 15.2. The van der Waals surface area contributed by atoms with Crippen molar-refractivity contribution in [2.45, 2.75) is 6.42 Å². The van der Waals surface area contributed by atoms with Gasteiger partial charge in [-0.1, -0.05) is 12.1 Å². The summed E-state index contributed by atoms with van der Waals surface area (Å²) in [6.45, 7) is 0.587. The van der Waals surface area contributed by atoms with Crippen LogP contribution in [0.25, 0.3) is 0 Å². The summed E-state index contributed by atoms with van der Waals surface area (Å²) in [5.74, 6) is 0.0299. The van der Waals surface area contributed by atoms with Gasteiger partial charge in [0.25, 0.3) is 5.91 Å². The van der Waals surface area contributed by atoms with Gasteiger partial charge in [-0.25, -0.2) is 0 Å². The number of phenolic OH excluding ortho intramolecular Hbond substituents is 1. The van der Waals surface area contributed by atoms with E-state index in [4.69, 9.17) is 10.5 Å². The fraction of sp³-hybridized carbons (Fsp3) is 0.188. The Balaban J connectivity index is 2.14. The molecule has 5 nitrogen and oxygen atoms in total. The lowest BCUT2D eigenvalue weighted by atomic mass is 10.1. The van der Waals surface area contributed by atoms with Crippen molar-refractivity contribution < 1.29 is 14.6 Å². The van der Waals surface area contributed by atoms with Crippen molar-refractivity contribution in [1.82, 2.24) is 0 Å². The predicted octanol–water partition coefficient (Wildman–Crippen LogP) is 2.15. The Morgan fingerprint density at radius 3 is 2.57 bits per heavy atom. The number of methoxy groups -OCH3 is 1. The van der Waals surface area contributed by atoms with Crippen LogP contribution in [0.3, 0.4) is 0 Å². The molecule has 0 bridgehead atoms. The van der Waals surface area contributed by atoms with E-state index in [1.807, 2.05) is 12.1 Å². The smallest absolute Gasteiger partial charge is 0.259 e. The van der Waals surface area contributed by atoms with E-state index in [9.17, 15) is 9.90 Å². The highest BCUT2D eigenvalue weighted by Gasteiger charge is 2.12. The molecule has 0 unspecified atom stereocenters. The minimum atomic E-state index is -0.391. The number of anilines is 1. The zero-order valence-electron chi connectivity index (χ0n) is 11.8. The molecule has 0 fully saturated rings. The molecule has 0 heterocycles. The van der Waals surface area contributed by atoms with E-state index in [0.717, 1.165) is 12.0 Å². The average Bonchev–Trinajstić information content (AvgIpc) is 2.50. The quantitative estimate of drug-likeness (QED) is 0.786. The van der Waals surface area contributed by atoms with Gasteiger partial charge in [0.2, 0.25) is 0 Å². The number of aromatic hydroxyl groups is 1. The van der Waals surface area contributed by atoms with Crippen molar-refractivity contribution in [3.63, 3.8) is 0 Å². The number of phenols is 1. The number of rotatable bonds is 5. The van der Waals surface area contributed by atoms with Crippen LogP contribution in [-0.2, 0) is 6.42 Å². The molecule has 0 saturated carbocycles. The van der Waals surface area contributed by atoms with Crippen LogP contribution in [0.15, 0.2) is 42.5 Å². The molecule has 21 heavy (non-hydrogen) atoms. The molecule has 0 spiro atoms. The van der Waals surface area contributed by atoms with Crippen molar-refractivity contribution in [2.75, 3.05) is 19.0 Å². The Labute approximate surface area is 123 Å². The van der Waals surface area contributed by atoms with Crippen LogP contribution in [0.4, 0.5) is 5.69 Å². The summed E-state index contributed by atoms with van der Waals surface area (Å²) in [7, 11) is 1.50. The van der Waals surface area contributed by atoms with Crippen LogP contribution in [0, 0.1) is 0 Å². The monoisotopic (exact) mass is 286 g/mol. The molecule has 0 atom stereocenters. The molecule has 0 aliphatic carbocycles. The summed E-state index contributed by atoms with van der Waals surface area (Å²) >= 11 is 0. The second-order valence-corrected chi connectivity index (χ2v) is 4.57. The second-order valence-electron chi connectivity index (χ2n) is 4.57. The third kappa shape index (κ3) is 3.73. The molecule has 0 aliphatic heterocycles. The van der Waals surface area contributed by atoms with Gasteiger partial charge in [0.1, 0.15) is 11.5 Å². The number of hydrogen-bond donors (Lipinski definition) is 3. The van der Waals surface area contributed by atoms with Crippen molar-refractivity contribution in [2.24, 2.45) is 5.73 Å². The number of nitrogens with two attached hydrogens (primary N) is 1. The predicted molar refractivity (Wildman–Crippen MR) is 81.8 cm³/mol. The van der Waals surface area contributed by atoms with Gasteiger partial charge in [0.15, 0.2) is 0 Å². The fourth-order valence-electron chi connectivity index (χ4n) is 1.94. The molecule has 2 rings (SSSR count). The van der Waals surface area contributed by atoms with Crippen LogP contribution >= 0.6 is 0 Å². The first-order chi connectivity index (χ1) is 10.1. The third-order valence-corrected chi connectivity index (χ3v) is 3.09. The van der Waals surface area contributed by atoms with Crippen molar-refractivity contribution in [3.05, 3.63) is 53.6 Å². The maximum atomic E-state index is 12.2. The van der Waals surface area contributed by atoms with Crippen molar-refractivity contribution >= 4 is 11.6 Å². The van der Waals surface area contributed by atoms with E-state index < -0.39 is 5.91 Å². The van der Waals surface area contributed by atoms with Crippen molar-refractivity contribution in [3.8, 4) is 11.5 Å². The zero-order valence-corrected chi connectivity index (χ0v) is 11.8. The highest BCUT2D eigenvalue weighted by atomic mass is 16.5. The van der Waals surface area contributed by atoms with Crippen LogP contribution in [-0.4, -0.2) is 24.7 Å². The largest absolute Gasteiger partial charge is 0.507 e. The normalized spacial score (nSPS) is 10.2. The molecule has 0 aromatic heterocycles. The number of nitrogens with one attached hydrogen (secondary N) is 1. The van der Waals surface area contributed by atoms with Gasteiger partial charge in [-0.05, 0) is 48.9 Å². The van der Waals surface area contributed by atoms with Gasteiger partial charge in [0, 0.05) is 5.69 Å². The number of carbonyl (C=O) groups excluding carboxylic acids is 1. The summed E-state index contributed by atoms with van der Waals surface area (Å²) in [4.78, 5) is 12.2. The van der Waals surface area contributed by atoms with Crippen LogP contribution in [0.5, 0.6) is 11.5 Å². The van der Waals surface area contributed by atoms with Gasteiger partial charge >= 0.3 is 0 Å². The molecule has 4 N–H and O–H groups in total. The van der Waals surface area contributed by atoms with E-state index in [1.54, 1.807) is 18.2 Å². The van der Waals surface area contributed by atoms with E-state index in [2.05, 4.69) is 5.32 Å². The summed E-state index contributed by atoms with van der Waals surface area (Å²) in [6.07, 6.45) is 0.797. The molecular formula is C16H18N2O3. The first kappa shape index (κ1) is 14.9.